The van der Waals surface area contributed by atoms with Crippen LogP contribution in [0.3, 0.4) is 0 Å². The van der Waals surface area contributed by atoms with Gasteiger partial charge in [0, 0.05) is 30.5 Å². The van der Waals surface area contributed by atoms with E-state index in [0.29, 0.717) is 0 Å². The second-order valence-corrected chi connectivity index (χ2v) is 6.75. The standard InChI is InChI=1S/C21H23N3O2.2ClH/c22-21(23)16-6-10-20-17(13-16)14-19(25-20)9-5-15-3-7-18(8-4-15)26-24-11-1-2-12-24;;/h3-4,6-8,10,13-14H,1-2,5,9,11-12H2,(H3,22,23);2*1H. The molecule has 1 aliphatic rings. The van der Waals surface area contributed by atoms with Gasteiger partial charge in [0.1, 0.15) is 22.9 Å². The van der Waals surface area contributed by atoms with Crippen molar-refractivity contribution >= 4 is 41.6 Å². The number of nitrogens with two attached hydrogens (primary N) is 1. The van der Waals surface area contributed by atoms with Crippen molar-refractivity contribution < 1.29 is 9.25 Å². The fourth-order valence-electron chi connectivity index (χ4n) is 3.30. The lowest BCUT2D eigenvalue weighted by Gasteiger charge is -2.15. The molecule has 4 rings (SSSR count). The van der Waals surface area contributed by atoms with Gasteiger partial charge >= 0.3 is 0 Å². The number of nitrogens with zero attached hydrogens (tertiary/aromatic N) is 1. The quantitative estimate of drug-likeness (QED) is 0.445. The zero-order valence-electron chi connectivity index (χ0n) is 15.5. The Morgan fingerprint density at radius 2 is 1.71 bits per heavy atom. The van der Waals surface area contributed by atoms with Gasteiger partial charge in [-0.2, -0.15) is 0 Å². The summed E-state index contributed by atoms with van der Waals surface area (Å²) < 4.78 is 5.89. The lowest BCUT2D eigenvalue weighted by molar-refractivity contribution is -0.0346. The predicted molar refractivity (Wildman–Crippen MR) is 117 cm³/mol. The number of hydrogen-bond acceptors (Lipinski definition) is 4. The zero-order valence-corrected chi connectivity index (χ0v) is 17.2. The topological polar surface area (TPSA) is 75.5 Å². The molecule has 7 heteroatoms. The SMILES string of the molecule is Cl.Cl.N=C(N)c1ccc2oc(CCc3ccc(ON4CCCC4)cc3)cc2c1. The van der Waals surface area contributed by atoms with Crippen LogP contribution in [0.25, 0.3) is 11.0 Å². The van der Waals surface area contributed by atoms with Crippen LogP contribution in [0.4, 0.5) is 0 Å². The average molecular weight is 422 g/mol. The highest BCUT2D eigenvalue weighted by Crippen LogP contribution is 2.23. The largest absolute Gasteiger partial charge is 0.461 e. The number of nitrogens with one attached hydrogen (secondary N) is 1. The molecular weight excluding hydrogens is 397 g/mol. The van der Waals surface area contributed by atoms with Crippen molar-refractivity contribution in [3.05, 3.63) is 65.4 Å². The monoisotopic (exact) mass is 421 g/mol. The van der Waals surface area contributed by atoms with Crippen molar-refractivity contribution in [1.82, 2.24) is 5.06 Å². The third-order valence-electron chi connectivity index (χ3n) is 4.76. The first kappa shape index (κ1) is 22.1. The van der Waals surface area contributed by atoms with Gasteiger partial charge in [-0.3, -0.25) is 5.41 Å². The molecule has 2 heterocycles. The first-order valence-corrected chi connectivity index (χ1v) is 9.06. The maximum Gasteiger partial charge on any atom is 0.147 e. The van der Waals surface area contributed by atoms with E-state index in [2.05, 4.69) is 12.1 Å². The molecule has 0 unspecified atom stereocenters. The Kier molecular flexibility index (Phi) is 7.75. The van der Waals surface area contributed by atoms with Crippen molar-refractivity contribution in [3.8, 4) is 5.75 Å². The van der Waals surface area contributed by atoms with Gasteiger partial charge in [0.2, 0.25) is 0 Å². The summed E-state index contributed by atoms with van der Waals surface area (Å²) in [5.74, 6) is 1.92. The first-order valence-electron chi connectivity index (χ1n) is 9.06. The van der Waals surface area contributed by atoms with Crippen LogP contribution < -0.4 is 10.6 Å². The lowest BCUT2D eigenvalue weighted by atomic mass is 10.1. The third-order valence-corrected chi connectivity index (χ3v) is 4.76. The number of rotatable bonds is 6. The maximum absolute atomic E-state index is 7.53. The molecule has 0 amide bonds. The van der Waals surface area contributed by atoms with Crippen LogP contribution in [0, 0.1) is 5.41 Å². The molecule has 2 aromatic carbocycles. The number of hydrogen-bond donors (Lipinski definition) is 2. The van der Waals surface area contributed by atoms with E-state index >= 15 is 0 Å². The van der Waals surface area contributed by atoms with Gasteiger partial charge in [-0.1, -0.05) is 12.1 Å². The van der Waals surface area contributed by atoms with Gasteiger partial charge in [-0.15, -0.1) is 29.9 Å². The Labute approximate surface area is 177 Å². The van der Waals surface area contributed by atoms with Crippen LogP contribution >= 0.6 is 24.8 Å². The van der Waals surface area contributed by atoms with Crippen LogP contribution in [0.15, 0.2) is 52.9 Å². The number of fused-ring (bicyclic) bond motifs is 1. The Balaban J connectivity index is 0.00000140. The third kappa shape index (κ3) is 5.19. The molecule has 28 heavy (non-hydrogen) atoms. The summed E-state index contributed by atoms with van der Waals surface area (Å²) in [6, 6.07) is 15.9. The molecule has 1 aliphatic heterocycles. The molecule has 3 aromatic rings. The molecule has 1 saturated heterocycles. The van der Waals surface area contributed by atoms with E-state index in [1.165, 1.54) is 18.4 Å². The van der Waals surface area contributed by atoms with Crippen molar-refractivity contribution in [2.75, 3.05) is 13.1 Å². The molecule has 0 spiro atoms. The normalized spacial score (nSPS) is 13.7. The van der Waals surface area contributed by atoms with Crippen molar-refractivity contribution in [2.45, 2.75) is 25.7 Å². The molecule has 0 saturated carbocycles. The Hall–Kier alpha value is -2.21. The maximum atomic E-state index is 7.53. The minimum Gasteiger partial charge on any atom is -0.461 e. The van der Waals surface area contributed by atoms with Gasteiger partial charge in [0.25, 0.3) is 0 Å². The Morgan fingerprint density at radius 1 is 1.00 bits per heavy atom. The van der Waals surface area contributed by atoms with E-state index in [-0.39, 0.29) is 30.6 Å². The van der Waals surface area contributed by atoms with Gasteiger partial charge in [-0.05, 0) is 61.2 Å². The van der Waals surface area contributed by atoms with Crippen LogP contribution in [-0.4, -0.2) is 24.0 Å². The summed E-state index contributed by atoms with van der Waals surface area (Å²) >= 11 is 0. The predicted octanol–water partition coefficient (Wildman–Crippen LogP) is 4.74. The molecule has 150 valence electrons. The van der Waals surface area contributed by atoms with Crippen LogP contribution in [0.1, 0.15) is 29.7 Å². The van der Waals surface area contributed by atoms with Gasteiger partial charge in [-0.25, -0.2) is 0 Å². The molecule has 1 fully saturated rings. The summed E-state index contributed by atoms with van der Waals surface area (Å²) in [6.45, 7) is 2.03. The lowest BCUT2D eigenvalue weighted by Crippen LogP contribution is -2.23. The Morgan fingerprint density at radius 3 is 2.39 bits per heavy atom. The smallest absolute Gasteiger partial charge is 0.147 e. The van der Waals surface area contributed by atoms with E-state index in [4.69, 9.17) is 20.4 Å². The summed E-state index contributed by atoms with van der Waals surface area (Å²) in [4.78, 5) is 5.85. The highest BCUT2D eigenvalue weighted by Gasteiger charge is 2.13. The minimum absolute atomic E-state index is 0. The summed E-state index contributed by atoms with van der Waals surface area (Å²) in [6.07, 6.45) is 4.16. The number of benzene rings is 2. The number of hydroxylamine groups is 2. The summed E-state index contributed by atoms with van der Waals surface area (Å²) in [5, 5.41) is 10.5. The van der Waals surface area contributed by atoms with Crippen molar-refractivity contribution in [2.24, 2.45) is 5.73 Å². The van der Waals surface area contributed by atoms with Crippen molar-refractivity contribution in [1.29, 1.82) is 5.41 Å². The second kappa shape index (κ2) is 9.82. The van der Waals surface area contributed by atoms with E-state index in [0.717, 1.165) is 54.0 Å². The number of furan rings is 1. The van der Waals surface area contributed by atoms with Crippen molar-refractivity contribution in [3.63, 3.8) is 0 Å². The average Bonchev–Trinajstić information content (AvgIpc) is 3.29. The van der Waals surface area contributed by atoms with Gasteiger partial charge in [0.15, 0.2) is 0 Å². The number of halogens is 2. The minimum atomic E-state index is 0. The molecule has 0 atom stereocenters. The van der Waals surface area contributed by atoms with Crippen LogP contribution in [0.2, 0.25) is 0 Å². The number of amidine groups is 1. The molecule has 1 aromatic heterocycles. The summed E-state index contributed by atoms with van der Waals surface area (Å²) in [7, 11) is 0. The first-order chi connectivity index (χ1) is 12.7. The van der Waals surface area contributed by atoms with E-state index in [1.807, 2.05) is 41.5 Å². The van der Waals surface area contributed by atoms with Crippen LogP contribution in [0.5, 0.6) is 5.75 Å². The Bertz CT molecular complexity index is 919. The number of nitrogen functional groups attached to an aromatic ring is 1. The second-order valence-electron chi connectivity index (χ2n) is 6.75. The van der Waals surface area contributed by atoms with Gasteiger partial charge in [0.05, 0.1) is 0 Å². The van der Waals surface area contributed by atoms with Crippen LogP contribution in [-0.2, 0) is 12.8 Å². The molecule has 0 aliphatic carbocycles. The molecule has 0 bridgehead atoms. The van der Waals surface area contributed by atoms with E-state index in [1.54, 1.807) is 0 Å². The zero-order chi connectivity index (χ0) is 17.9. The fraction of sp³-hybridized carbons (Fsp3) is 0.286. The van der Waals surface area contributed by atoms with E-state index < -0.39 is 0 Å². The summed E-state index contributed by atoms with van der Waals surface area (Å²) in [5.41, 5.74) is 8.36. The van der Waals surface area contributed by atoms with Gasteiger partial charge < -0.3 is 15.0 Å². The molecule has 0 radical (unpaired) electrons. The fourth-order valence-corrected chi connectivity index (χ4v) is 3.30. The molecule has 5 nitrogen and oxygen atoms in total. The highest BCUT2D eigenvalue weighted by molar-refractivity contribution is 5.98. The van der Waals surface area contributed by atoms with E-state index in [9.17, 15) is 0 Å². The highest BCUT2D eigenvalue weighted by atomic mass is 35.5. The molecular formula is C21H25Cl2N3O2. The number of aryl methyl sites for hydroxylation is 2. The molecule has 3 N–H and O–H groups in total.